The van der Waals surface area contributed by atoms with Crippen molar-refractivity contribution in [1.29, 1.82) is 0 Å². The molecule has 25 heavy (non-hydrogen) atoms. The van der Waals surface area contributed by atoms with Gasteiger partial charge in [-0.05, 0) is 12.1 Å². The quantitative estimate of drug-likeness (QED) is 0.744. The summed E-state index contributed by atoms with van der Waals surface area (Å²) in [5.41, 5.74) is 0.580. The smallest absolute Gasteiger partial charge is 0.224 e. The highest BCUT2D eigenvalue weighted by Gasteiger charge is 2.23. The SMILES string of the molecule is COCCN(CCC(=O)N1CCN(c2ccccc2F)CC1)C(C)=O. The van der Waals surface area contributed by atoms with E-state index in [0.29, 0.717) is 58.0 Å². The Kier molecular flexibility index (Phi) is 7.18. The van der Waals surface area contributed by atoms with Crippen LogP contribution >= 0.6 is 0 Å². The lowest BCUT2D eigenvalue weighted by molar-refractivity contribution is -0.134. The lowest BCUT2D eigenvalue weighted by Gasteiger charge is -2.36. The van der Waals surface area contributed by atoms with Crippen molar-refractivity contribution in [3.05, 3.63) is 30.1 Å². The van der Waals surface area contributed by atoms with E-state index < -0.39 is 0 Å². The van der Waals surface area contributed by atoms with Gasteiger partial charge in [0.05, 0.1) is 12.3 Å². The number of halogens is 1. The number of piperazine rings is 1. The molecule has 0 radical (unpaired) electrons. The molecular formula is C18H26FN3O3. The fourth-order valence-corrected chi connectivity index (χ4v) is 2.92. The van der Waals surface area contributed by atoms with Gasteiger partial charge in [-0.1, -0.05) is 12.1 Å². The Hall–Kier alpha value is -2.15. The average Bonchev–Trinajstić information content (AvgIpc) is 2.62. The monoisotopic (exact) mass is 351 g/mol. The Morgan fingerprint density at radius 1 is 1.16 bits per heavy atom. The number of carbonyl (C=O) groups excluding carboxylic acids is 2. The van der Waals surface area contributed by atoms with E-state index >= 15 is 0 Å². The number of methoxy groups -OCH3 is 1. The van der Waals surface area contributed by atoms with Gasteiger partial charge in [0, 0.05) is 59.7 Å². The summed E-state index contributed by atoms with van der Waals surface area (Å²) < 4.78 is 18.8. The standard InChI is InChI=1S/C18H26FN3O3/c1-15(23)20(13-14-25-2)8-7-18(24)22-11-9-21(10-12-22)17-6-4-3-5-16(17)19/h3-6H,7-14H2,1-2H3. The lowest BCUT2D eigenvalue weighted by atomic mass is 10.2. The summed E-state index contributed by atoms with van der Waals surface area (Å²) in [6, 6.07) is 6.69. The minimum Gasteiger partial charge on any atom is -0.383 e. The summed E-state index contributed by atoms with van der Waals surface area (Å²) in [6.45, 7) is 5.16. The van der Waals surface area contributed by atoms with Crippen LogP contribution in [0.3, 0.4) is 0 Å². The number of anilines is 1. The van der Waals surface area contributed by atoms with Gasteiger partial charge in [0.2, 0.25) is 11.8 Å². The van der Waals surface area contributed by atoms with Gasteiger partial charge >= 0.3 is 0 Å². The molecule has 0 aromatic heterocycles. The van der Waals surface area contributed by atoms with Crippen molar-refractivity contribution in [1.82, 2.24) is 9.80 Å². The first-order chi connectivity index (χ1) is 12.0. The predicted octanol–water partition coefficient (Wildman–Crippen LogP) is 1.36. The summed E-state index contributed by atoms with van der Waals surface area (Å²) in [7, 11) is 1.58. The van der Waals surface area contributed by atoms with Gasteiger partial charge in [0.1, 0.15) is 5.82 Å². The van der Waals surface area contributed by atoms with Gasteiger partial charge in [-0.3, -0.25) is 9.59 Å². The summed E-state index contributed by atoms with van der Waals surface area (Å²) in [5, 5.41) is 0. The molecule has 138 valence electrons. The molecule has 1 aromatic rings. The van der Waals surface area contributed by atoms with Crippen molar-refractivity contribution < 1.29 is 18.7 Å². The zero-order valence-corrected chi connectivity index (χ0v) is 14.9. The zero-order valence-electron chi connectivity index (χ0n) is 14.9. The van der Waals surface area contributed by atoms with Crippen LogP contribution in [0.15, 0.2) is 24.3 Å². The fraction of sp³-hybridized carbons (Fsp3) is 0.556. The van der Waals surface area contributed by atoms with Gasteiger partial charge in [-0.25, -0.2) is 4.39 Å². The van der Waals surface area contributed by atoms with Crippen LogP contribution in [0.1, 0.15) is 13.3 Å². The van der Waals surface area contributed by atoms with E-state index in [0.717, 1.165) is 0 Å². The van der Waals surface area contributed by atoms with E-state index in [1.807, 2.05) is 11.0 Å². The van der Waals surface area contributed by atoms with Crippen molar-refractivity contribution in [3.63, 3.8) is 0 Å². The number of amides is 2. The van der Waals surface area contributed by atoms with Gasteiger partial charge in [-0.2, -0.15) is 0 Å². The molecule has 0 atom stereocenters. The molecule has 7 heteroatoms. The molecule has 1 fully saturated rings. The fourth-order valence-electron chi connectivity index (χ4n) is 2.92. The van der Waals surface area contributed by atoms with Crippen LogP contribution in [0.25, 0.3) is 0 Å². The Morgan fingerprint density at radius 2 is 1.84 bits per heavy atom. The van der Waals surface area contributed by atoms with Gasteiger partial charge in [-0.15, -0.1) is 0 Å². The molecule has 1 aromatic carbocycles. The predicted molar refractivity (Wildman–Crippen MR) is 93.9 cm³/mol. The lowest BCUT2D eigenvalue weighted by Crippen LogP contribution is -2.49. The highest BCUT2D eigenvalue weighted by Crippen LogP contribution is 2.20. The van der Waals surface area contributed by atoms with Crippen LogP contribution in [0.2, 0.25) is 0 Å². The Morgan fingerprint density at radius 3 is 2.44 bits per heavy atom. The number of hydrogen-bond acceptors (Lipinski definition) is 4. The van der Waals surface area contributed by atoms with E-state index in [4.69, 9.17) is 4.74 Å². The van der Waals surface area contributed by atoms with E-state index in [-0.39, 0.29) is 17.6 Å². The van der Waals surface area contributed by atoms with Gasteiger partial charge in [0.15, 0.2) is 0 Å². The van der Waals surface area contributed by atoms with Crippen LogP contribution in [-0.4, -0.2) is 74.6 Å². The highest BCUT2D eigenvalue weighted by molar-refractivity contribution is 5.78. The summed E-state index contributed by atoms with van der Waals surface area (Å²) >= 11 is 0. The van der Waals surface area contributed by atoms with Crippen LogP contribution < -0.4 is 4.90 Å². The largest absolute Gasteiger partial charge is 0.383 e. The number of benzene rings is 1. The molecule has 1 saturated heterocycles. The normalized spacial score (nSPS) is 14.5. The Balaban J connectivity index is 1.81. The van der Waals surface area contributed by atoms with Crippen molar-refractivity contribution in [2.24, 2.45) is 0 Å². The van der Waals surface area contributed by atoms with E-state index in [9.17, 15) is 14.0 Å². The molecule has 0 unspecified atom stereocenters. The van der Waals surface area contributed by atoms with Gasteiger partial charge < -0.3 is 19.4 Å². The molecule has 0 bridgehead atoms. The molecule has 2 amide bonds. The van der Waals surface area contributed by atoms with Crippen molar-refractivity contribution >= 4 is 17.5 Å². The van der Waals surface area contributed by atoms with Crippen molar-refractivity contribution in [2.45, 2.75) is 13.3 Å². The Labute approximate surface area is 148 Å². The third-order valence-corrected chi connectivity index (χ3v) is 4.43. The molecule has 0 N–H and O–H groups in total. The number of para-hydroxylation sites is 1. The maximum atomic E-state index is 13.8. The van der Waals surface area contributed by atoms with Gasteiger partial charge in [0.25, 0.3) is 0 Å². The molecule has 1 heterocycles. The maximum absolute atomic E-state index is 13.8. The highest BCUT2D eigenvalue weighted by atomic mass is 19.1. The van der Waals surface area contributed by atoms with E-state index in [1.165, 1.54) is 13.0 Å². The zero-order chi connectivity index (χ0) is 18.2. The minimum absolute atomic E-state index is 0.0249. The molecule has 1 aliphatic heterocycles. The van der Waals surface area contributed by atoms with E-state index in [1.54, 1.807) is 29.0 Å². The average molecular weight is 351 g/mol. The maximum Gasteiger partial charge on any atom is 0.224 e. The molecule has 0 aliphatic carbocycles. The molecule has 1 aliphatic rings. The Bertz CT molecular complexity index is 589. The first-order valence-electron chi connectivity index (χ1n) is 8.54. The number of nitrogens with zero attached hydrogens (tertiary/aromatic N) is 3. The summed E-state index contributed by atoms with van der Waals surface area (Å²) in [6.07, 6.45) is 0.295. The summed E-state index contributed by atoms with van der Waals surface area (Å²) in [5.74, 6) is -0.274. The molecule has 2 rings (SSSR count). The molecule has 0 saturated carbocycles. The van der Waals surface area contributed by atoms with Crippen LogP contribution in [0.5, 0.6) is 0 Å². The first kappa shape index (κ1) is 19.2. The topological polar surface area (TPSA) is 53.1 Å². The second kappa shape index (κ2) is 9.36. The van der Waals surface area contributed by atoms with Crippen LogP contribution in [0.4, 0.5) is 10.1 Å². The van der Waals surface area contributed by atoms with Crippen molar-refractivity contribution in [3.8, 4) is 0 Å². The second-order valence-corrected chi connectivity index (χ2v) is 6.07. The molecule has 6 nitrogen and oxygen atoms in total. The number of rotatable bonds is 7. The first-order valence-corrected chi connectivity index (χ1v) is 8.54. The number of ether oxygens (including phenoxy) is 1. The third-order valence-electron chi connectivity index (χ3n) is 4.43. The number of carbonyl (C=O) groups is 2. The third kappa shape index (κ3) is 5.42. The summed E-state index contributed by atoms with van der Waals surface area (Å²) in [4.78, 5) is 29.3. The number of hydrogen-bond donors (Lipinski definition) is 0. The van der Waals surface area contributed by atoms with Crippen LogP contribution in [-0.2, 0) is 14.3 Å². The molecular weight excluding hydrogens is 325 g/mol. The van der Waals surface area contributed by atoms with Crippen molar-refractivity contribution in [2.75, 3.05) is 57.9 Å². The van der Waals surface area contributed by atoms with Crippen LogP contribution in [0, 0.1) is 5.82 Å². The van der Waals surface area contributed by atoms with E-state index in [2.05, 4.69) is 0 Å². The second-order valence-electron chi connectivity index (χ2n) is 6.07. The molecule has 0 spiro atoms. The minimum atomic E-state index is -0.238.